The van der Waals surface area contributed by atoms with Crippen LogP contribution in [0.25, 0.3) is 0 Å². The lowest BCUT2D eigenvalue weighted by Crippen LogP contribution is -2.40. The van der Waals surface area contributed by atoms with Crippen molar-refractivity contribution in [2.24, 2.45) is 10.7 Å². The molecule has 0 fully saturated rings. The molecule has 0 aliphatic carbocycles. The van der Waals surface area contributed by atoms with Crippen molar-refractivity contribution >= 4 is 17.3 Å². The van der Waals surface area contributed by atoms with Gasteiger partial charge in [-0.15, -0.1) is 11.3 Å². The Bertz CT molecular complexity index is 391. The molecule has 1 aromatic heterocycles. The van der Waals surface area contributed by atoms with E-state index in [0.717, 1.165) is 10.7 Å². The van der Waals surface area contributed by atoms with Crippen LogP contribution in [0.4, 0.5) is 0 Å². The zero-order valence-electron chi connectivity index (χ0n) is 11.4. The Morgan fingerprint density at radius 2 is 2.33 bits per heavy atom. The number of ether oxygens (including phenoxy) is 1. The van der Waals surface area contributed by atoms with E-state index in [9.17, 15) is 0 Å². The zero-order valence-corrected chi connectivity index (χ0v) is 12.3. The largest absolute Gasteiger partial charge is 0.383 e. The quantitative estimate of drug-likeness (QED) is 0.607. The fourth-order valence-corrected chi connectivity index (χ4v) is 2.35. The summed E-state index contributed by atoms with van der Waals surface area (Å²) in [6.07, 6.45) is 0. The molecule has 102 valence electrons. The summed E-state index contributed by atoms with van der Waals surface area (Å²) in [5, 5.41) is 6.24. The van der Waals surface area contributed by atoms with Crippen LogP contribution in [0.15, 0.2) is 10.4 Å². The summed E-state index contributed by atoms with van der Waals surface area (Å²) in [6.45, 7) is 7.36. The molecule has 0 saturated heterocycles. The Labute approximate surface area is 112 Å². The molecule has 0 aromatic carbocycles. The van der Waals surface area contributed by atoms with E-state index in [1.165, 1.54) is 0 Å². The second kappa shape index (κ2) is 7.33. The Hall–Kier alpha value is -1.14. The zero-order chi connectivity index (χ0) is 13.5. The predicted molar refractivity (Wildman–Crippen MR) is 76.2 cm³/mol. The average Bonchev–Trinajstić information content (AvgIpc) is 2.73. The van der Waals surface area contributed by atoms with Crippen LogP contribution in [0.3, 0.4) is 0 Å². The summed E-state index contributed by atoms with van der Waals surface area (Å²) in [5.41, 5.74) is 6.86. The lowest BCUT2D eigenvalue weighted by atomic mass is 10.2. The maximum atomic E-state index is 5.80. The first kappa shape index (κ1) is 14.9. The third kappa shape index (κ3) is 5.01. The number of nitrogens with zero attached hydrogens (tertiary/aromatic N) is 2. The number of aryl methyl sites for hydroxylation is 1. The van der Waals surface area contributed by atoms with E-state index in [1.54, 1.807) is 18.4 Å². The molecular formula is C12H22N4OS. The molecule has 0 aliphatic heterocycles. The molecule has 1 heterocycles. The normalized spacial score (nSPS) is 15.4. The van der Waals surface area contributed by atoms with Gasteiger partial charge in [0.1, 0.15) is 0 Å². The smallest absolute Gasteiger partial charge is 0.188 e. The van der Waals surface area contributed by atoms with E-state index in [1.807, 2.05) is 13.8 Å². The highest BCUT2D eigenvalue weighted by atomic mass is 32.1. The monoisotopic (exact) mass is 270 g/mol. The number of aromatic nitrogens is 1. The van der Waals surface area contributed by atoms with Crippen molar-refractivity contribution in [2.45, 2.75) is 32.7 Å². The lowest BCUT2D eigenvalue weighted by molar-refractivity contribution is 0.179. The SMILES string of the molecule is COCC(C)NC(N)=NCC(C)c1nc(C)cs1. The van der Waals surface area contributed by atoms with Crippen molar-refractivity contribution in [3.8, 4) is 0 Å². The van der Waals surface area contributed by atoms with E-state index >= 15 is 0 Å². The summed E-state index contributed by atoms with van der Waals surface area (Å²) in [4.78, 5) is 8.77. The van der Waals surface area contributed by atoms with Crippen molar-refractivity contribution in [1.29, 1.82) is 0 Å². The molecule has 3 N–H and O–H groups in total. The minimum absolute atomic E-state index is 0.163. The number of nitrogens with one attached hydrogen (secondary N) is 1. The highest BCUT2D eigenvalue weighted by Crippen LogP contribution is 2.19. The number of hydrogen-bond acceptors (Lipinski definition) is 4. The molecule has 0 aliphatic rings. The summed E-state index contributed by atoms with van der Waals surface area (Å²) >= 11 is 1.67. The number of guanidine groups is 1. The molecule has 0 saturated carbocycles. The Kier molecular flexibility index (Phi) is 6.07. The molecule has 18 heavy (non-hydrogen) atoms. The van der Waals surface area contributed by atoms with E-state index < -0.39 is 0 Å². The van der Waals surface area contributed by atoms with E-state index in [-0.39, 0.29) is 6.04 Å². The first-order chi connectivity index (χ1) is 8.52. The van der Waals surface area contributed by atoms with Crippen LogP contribution in [0, 0.1) is 6.92 Å². The molecule has 0 radical (unpaired) electrons. The van der Waals surface area contributed by atoms with Gasteiger partial charge in [0.2, 0.25) is 0 Å². The number of hydrogen-bond donors (Lipinski definition) is 2. The van der Waals surface area contributed by atoms with Crippen molar-refractivity contribution in [1.82, 2.24) is 10.3 Å². The molecule has 1 aromatic rings. The first-order valence-corrected chi connectivity index (χ1v) is 6.88. The van der Waals surface area contributed by atoms with Gasteiger partial charge >= 0.3 is 0 Å². The van der Waals surface area contributed by atoms with Crippen LogP contribution in [0.2, 0.25) is 0 Å². The number of aliphatic imine (C=N–C) groups is 1. The van der Waals surface area contributed by atoms with Crippen LogP contribution in [0.5, 0.6) is 0 Å². The standard InChI is InChI=1S/C12H22N4OS/c1-8(11-15-10(3)7-18-11)5-14-12(13)16-9(2)6-17-4/h7-9H,5-6H2,1-4H3,(H3,13,14,16). The van der Waals surface area contributed by atoms with Crippen molar-refractivity contribution in [3.05, 3.63) is 16.1 Å². The number of nitrogens with two attached hydrogens (primary N) is 1. The van der Waals surface area contributed by atoms with Gasteiger partial charge in [0, 0.05) is 30.1 Å². The minimum Gasteiger partial charge on any atom is -0.383 e. The number of methoxy groups -OCH3 is 1. The van der Waals surface area contributed by atoms with Gasteiger partial charge in [0.05, 0.1) is 18.2 Å². The molecule has 2 atom stereocenters. The molecule has 0 amide bonds. The molecular weight excluding hydrogens is 248 g/mol. The summed E-state index contributed by atoms with van der Waals surface area (Å²) in [6, 6.07) is 0.163. The van der Waals surface area contributed by atoms with Gasteiger partial charge in [-0.3, -0.25) is 4.99 Å². The minimum atomic E-state index is 0.163. The lowest BCUT2D eigenvalue weighted by Gasteiger charge is -2.13. The van der Waals surface area contributed by atoms with Gasteiger partial charge in [-0.05, 0) is 13.8 Å². The maximum Gasteiger partial charge on any atom is 0.188 e. The van der Waals surface area contributed by atoms with Crippen molar-refractivity contribution in [3.63, 3.8) is 0 Å². The summed E-state index contributed by atoms with van der Waals surface area (Å²) in [5.74, 6) is 0.751. The number of rotatable bonds is 6. The van der Waals surface area contributed by atoms with Crippen LogP contribution < -0.4 is 11.1 Å². The summed E-state index contributed by atoms with van der Waals surface area (Å²) < 4.78 is 5.02. The van der Waals surface area contributed by atoms with Gasteiger partial charge in [-0.1, -0.05) is 6.92 Å². The molecule has 5 nitrogen and oxygen atoms in total. The Morgan fingerprint density at radius 1 is 1.61 bits per heavy atom. The fraction of sp³-hybridized carbons (Fsp3) is 0.667. The van der Waals surface area contributed by atoms with E-state index in [4.69, 9.17) is 10.5 Å². The van der Waals surface area contributed by atoms with E-state index in [2.05, 4.69) is 27.6 Å². The van der Waals surface area contributed by atoms with Crippen LogP contribution in [-0.4, -0.2) is 37.2 Å². The van der Waals surface area contributed by atoms with Crippen LogP contribution >= 0.6 is 11.3 Å². The Morgan fingerprint density at radius 3 is 2.89 bits per heavy atom. The highest BCUT2D eigenvalue weighted by Gasteiger charge is 2.09. The molecule has 2 unspecified atom stereocenters. The third-order valence-corrected chi connectivity index (χ3v) is 3.60. The first-order valence-electron chi connectivity index (χ1n) is 6.00. The highest BCUT2D eigenvalue weighted by molar-refractivity contribution is 7.09. The van der Waals surface area contributed by atoms with Gasteiger partial charge in [0.15, 0.2) is 5.96 Å². The average molecular weight is 270 g/mol. The molecule has 0 spiro atoms. The Balaban J connectivity index is 2.42. The second-order valence-corrected chi connectivity index (χ2v) is 5.34. The van der Waals surface area contributed by atoms with Crippen LogP contribution in [-0.2, 0) is 4.74 Å². The third-order valence-electron chi connectivity index (χ3n) is 2.40. The van der Waals surface area contributed by atoms with Gasteiger partial charge in [-0.25, -0.2) is 4.98 Å². The summed E-state index contributed by atoms with van der Waals surface area (Å²) in [7, 11) is 1.67. The topological polar surface area (TPSA) is 72.5 Å². The van der Waals surface area contributed by atoms with Crippen molar-refractivity contribution in [2.75, 3.05) is 20.3 Å². The van der Waals surface area contributed by atoms with Crippen LogP contribution in [0.1, 0.15) is 30.5 Å². The van der Waals surface area contributed by atoms with E-state index in [0.29, 0.717) is 25.0 Å². The number of thiazole rings is 1. The predicted octanol–water partition coefficient (Wildman–Crippen LogP) is 1.49. The molecule has 6 heteroatoms. The fourth-order valence-electron chi connectivity index (χ4n) is 1.50. The van der Waals surface area contributed by atoms with Gasteiger partial charge < -0.3 is 15.8 Å². The van der Waals surface area contributed by atoms with Gasteiger partial charge in [0.25, 0.3) is 0 Å². The second-order valence-electron chi connectivity index (χ2n) is 4.45. The van der Waals surface area contributed by atoms with Crippen molar-refractivity contribution < 1.29 is 4.74 Å². The van der Waals surface area contributed by atoms with Gasteiger partial charge in [-0.2, -0.15) is 0 Å². The maximum absolute atomic E-state index is 5.80. The molecule has 1 rings (SSSR count). The molecule has 0 bridgehead atoms.